The van der Waals surface area contributed by atoms with Gasteiger partial charge < -0.3 is 10.2 Å². The van der Waals surface area contributed by atoms with E-state index in [4.69, 9.17) is 0 Å². The van der Waals surface area contributed by atoms with Crippen molar-refractivity contribution in [3.05, 3.63) is 81.6 Å². The molecule has 1 N–H and O–H groups in total. The zero-order valence-electron chi connectivity index (χ0n) is 17.6. The van der Waals surface area contributed by atoms with Gasteiger partial charge in [0, 0.05) is 28.8 Å². The highest BCUT2D eigenvalue weighted by atomic mass is 79.9. The van der Waals surface area contributed by atoms with Gasteiger partial charge in [-0.25, -0.2) is 0 Å². The fraction of sp³-hybridized carbons (Fsp3) is 0.292. The highest BCUT2D eigenvalue weighted by Gasteiger charge is 2.38. The largest absolute Gasteiger partial charge is 0.351 e. The third-order valence-electron chi connectivity index (χ3n) is 5.81. The van der Waals surface area contributed by atoms with Gasteiger partial charge in [0.15, 0.2) is 0 Å². The van der Waals surface area contributed by atoms with E-state index in [1.54, 1.807) is 4.90 Å². The lowest BCUT2D eigenvalue weighted by Crippen LogP contribution is -2.36. The second-order valence-electron chi connectivity index (χ2n) is 7.79. The van der Waals surface area contributed by atoms with Crippen LogP contribution >= 0.6 is 15.9 Å². The van der Waals surface area contributed by atoms with Crippen LogP contribution in [-0.4, -0.2) is 28.1 Å². The second kappa shape index (κ2) is 9.06. The van der Waals surface area contributed by atoms with Gasteiger partial charge in [-0.2, -0.15) is 5.10 Å². The van der Waals surface area contributed by atoms with Gasteiger partial charge in [0.1, 0.15) is 5.92 Å². The van der Waals surface area contributed by atoms with Crippen LogP contribution in [0.1, 0.15) is 28.9 Å². The van der Waals surface area contributed by atoms with Crippen molar-refractivity contribution in [2.75, 3.05) is 11.4 Å². The molecule has 7 heteroatoms. The summed E-state index contributed by atoms with van der Waals surface area (Å²) in [5, 5.41) is 7.61. The lowest BCUT2D eigenvalue weighted by Gasteiger charge is -2.18. The third-order valence-corrected chi connectivity index (χ3v) is 6.48. The van der Waals surface area contributed by atoms with Crippen LogP contribution in [0.25, 0.3) is 0 Å². The van der Waals surface area contributed by atoms with Crippen LogP contribution < -0.4 is 10.2 Å². The van der Waals surface area contributed by atoms with Crippen LogP contribution in [0.15, 0.2) is 59.1 Å². The molecule has 4 rings (SSSR count). The van der Waals surface area contributed by atoms with Crippen LogP contribution in [0.3, 0.4) is 0 Å². The van der Waals surface area contributed by atoms with Gasteiger partial charge in [-0.1, -0.05) is 42.5 Å². The van der Waals surface area contributed by atoms with Crippen molar-refractivity contribution in [3.63, 3.8) is 0 Å². The van der Waals surface area contributed by atoms with Crippen molar-refractivity contribution in [1.82, 2.24) is 15.1 Å². The van der Waals surface area contributed by atoms with E-state index in [2.05, 4.69) is 38.5 Å². The van der Waals surface area contributed by atoms with Crippen LogP contribution in [-0.2, 0) is 22.7 Å². The standard InChI is InChI=1S/C24H25BrN4O2/c1-16-20(17(2)29(27-16)15-18-8-4-3-5-9-18)14-26-23(30)19-12-13-28(24(19)31)22-11-7-6-10-21(22)25/h3-11,19H,12-15H2,1-2H3,(H,26,30). The molecule has 1 aliphatic rings. The Morgan fingerprint density at radius 3 is 2.58 bits per heavy atom. The van der Waals surface area contributed by atoms with Crippen molar-refractivity contribution in [2.24, 2.45) is 5.92 Å². The smallest absolute Gasteiger partial charge is 0.239 e. The molecule has 2 aromatic carbocycles. The Labute approximate surface area is 190 Å². The molecular formula is C24H25BrN4O2. The summed E-state index contributed by atoms with van der Waals surface area (Å²) in [5.41, 5.74) is 4.89. The number of amides is 2. The molecule has 1 unspecified atom stereocenters. The molecule has 6 nitrogen and oxygen atoms in total. The van der Waals surface area contributed by atoms with Crippen LogP contribution in [0.4, 0.5) is 5.69 Å². The maximum absolute atomic E-state index is 12.9. The van der Waals surface area contributed by atoms with Gasteiger partial charge in [-0.15, -0.1) is 0 Å². The van der Waals surface area contributed by atoms with E-state index in [1.807, 2.05) is 61.0 Å². The van der Waals surface area contributed by atoms with Crippen LogP contribution in [0, 0.1) is 19.8 Å². The van der Waals surface area contributed by atoms with Crippen molar-refractivity contribution < 1.29 is 9.59 Å². The maximum Gasteiger partial charge on any atom is 0.239 e. The number of benzene rings is 2. The number of nitrogens with one attached hydrogen (secondary N) is 1. The Balaban J connectivity index is 1.41. The average Bonchev–Trinajstić information content (AvgIpc) is 3.27. The number of hydrogen-bond donors (Lipinski definition) is 1. The number of carbonyl (C=O) groups excluding carboxylic acids is 2. The van der Waals surface area contributed by atoms with Gasteiger partial charge in [0.25, 0.3) is 0 Å². The minimum absolute atomic E-state index is 0.155. The van der Waals surface area contributed by atoms with Gasteiger partial charge in [0.05, 0.1) is 17.9 Å². The summed E-state index contributed by atoms with van der Waals surface area (Å²) in [7, 11) is 0. The summed E-state index contributed by atoms with van der Waals surface area (Å²) >= 11 is 3.49. The van der Waals surface area contributed by atoms with Gasteiger partial charge >= 0.3 is 0 Å². The average molecular weight is 481 g/mol. The van der Waals surface area contributed by atoms with Crippen molar-refractivity contribution in [1.29, 1.82) is 0 Å². The minimum atomic E-state index is -0.660. The van der Waals surface area contributed by atoms with Gasteiger partial charge in [-0.05, 0) is 53.9 Å². The Morgan fingerprint density at radius 1 is 1.13 bits per heavy atom. The zero-order chi connectivity index (χ0) is 22.0. The zero-order valence-corrected chi connectivity index (χ0v) is 19.2. The minimum Gasteiger partial charge on any atom is -0.351 e. The fourth-order valence-electron chi connectivity index (χ4n) is 4.03. The van der Waals surface area contributed by atoms with Gasteiger partial charge in [-0.3, -0.25) is 14.3 Å². The van der Waals surface area contributed by atoms with Crippen molar-refractivity contribution in [3.8, 4) is 0 Å². The van der Waals surface area contributed by atoms with E-state index in [1.165, 1.54) is 5.56 Å². The Kier molecular flexibility index (Phi) is 6.23. The molecule has 31 heavy (non-hydrogen) atoms. The maximum atomic E-state index is 12.9. The number of para-hydroxylation sites is 1. The first-order valence-corrected chi connectivity index (χ1v) is 11.2. The van der Waals surface area contributed by atoms with E-state index in [9.17, 15) is 9.59 Å². The molecule has 160 valence electrons. The molecule has 3 aromatic rings. The van der Waals surface area contributed by atoms with E-state index in [0.717, 1.165) is 27.1 Å². The molecule has 2 heterocycles. The fourth-order valence-corrected chi connectivity index (χ4v) is 4.53. The third kappa shape index (κ3) is 4.42. The molecule has 2 amide bonds. The Hall–Kier alpha value is -2.93. The summed E-state index contributed by atoms with van der Waals surface area (Å²) in [5.74, 6) is -1.04. The van der Waals surface area contributed by atoms with E-state index >= 15 is 0 Å². The van der Waals surface area contributed by atoms with E-state index in [0.29, 0.717) is 26.1 Å². The number of carbonyl (C=O) groups is 2. The molecule has 1 aliphatic heterocycles. The number of nitrogens with zero attached hydrogens (tertiary/aromatic N) is 3. The Bertz CT molecular complexity index is 1110. The number of aryl methyl sites for hydroxylation is 1. The predicted octanol–water partition coefficient (Wildman–Crippen LogP) is 3.98. The number of rotatable bonds is 6. The molecule has 1 saturated heterocycles. The molecule has 0 radical (unpaired) electrons. The topological polar surface area (TPSA) is 67.2 Å². The molecule has 1 aromatic heterocycles. The first-order chi connectivity index (χ1) is 15.0. The lowest BCUT2D eigenvalue weighted by molar-refractivity contribution is -0.132. The Morgan fingerprint density at radius 2 is 1.84 bits per heavy atom. The second-order valence-corrected chi connectivity index (χ2v) is 8.65. The van der Waals surface area contributed by atoms with Crippen LogP contribution in [0.5, 0.6) is 0 Å². The van der Waals surface area contributed by atoms with Crippen molar-refractivity contribution in [2.45, 2.75) is 33.4 Å². The SMILES string of the molecule is Cc1nn(Cc2ccccc2)c(C)c1CNC(=O)C1CCN(c2ccccc2Br)C1=O. The molecule has 1 atom stereocenters. The molecule has 0 bridgehead atoms. The quantitative estimate of drug-likeness (QED) is 0.542. The number of aromatic nitrogens is 2. The van der Waals surface area contributed by atoms with Crippen LogP contribution in [0.2, 0.25) is 0 Å². The van der Waals surface area contributed by atoms with Gasteiger partial charge in [0.2, 0.25) is 11.8 Å². The first kappa shape index (κ1) is 21.3. The van der Waals surface area contributed by atoms with Crippen molar-refractivity contribution >= 4 is 33.4 Å². The first-order valence-electron chi connectivity index (χ1n) is 10.4. The van der Waals surface area contributed by atoms with E-state index < -0.39 is 5.92 Å². The number of anilines is 1. The normalized spacial score (nSPS) is 16.0. The molecule has 0 saturated carbocycles. The number of halogens is 1. The lowest BCUT2D eigenvalue weighted by atomic mass is 10.1. The predicted molar refractivity (Wildman–Crippen MR) is 124 cm³/mol. The summed E-state index contributed by atoms with van der Waals surface area (Å²) in [4.78, 5) is 27.4. The van der Waals surface area contributed by atoms with E-state index in [-0.39, 0.29) is 11.8 Å². The molecular weight excluding hydrogens is 456 g/mol. The highest BCUT2D eigenvalue weighted by molar-refractivity contribution is 9.10. The summed E-state index contributed by atoms with van der Waals surface area (Å²) in [6, 6.07) is 17.7. The summed E-state index contributed by atoms with van der Waals surface area (Å²) < 4.78 is 2.81. The highest BCUT2D eigenvalue weighted by Crippen LogP contribution is 2.31. The summed E-state index contributed by atoms with van der Waals surface area (Å²) in [6.45, 7) is 5.55. The monoisotopic (exact) mass is 480 g/mol. The molecule has 0 aliphatic carbocycles. The molecule has 0 spiro atoms. The number of hydrogen-bond acceptors (Lipinski definition) is 3. The molecule has 1 fully saturated rings. The summed E-state index contributed by atoms with van der Waals surface area (Å²) in [6.07, 6.45) is 0.511.